The molecule has 0 spiro atoms. The van der Waals surface area contributed by atoms with Gasteiger partial charge >= 0.3 is 12.4 Å². The zero-order chi connectivity index (χ0) is 24.7. The number of pyridine rings is 1. The Bertz CT molecular complexity index is 1360. The monoisotopic (exact) mass is 478 g/mol. The van der Waals surface area contributed by atoms with Crippen LogP contribution in [0.15, 0.2) is 60.8 Å². The molecule has 1 amide bonds. The van der Waals surface area contributed by atoms with Gasteiger partial charge in [-0.2, -0.15) is 31.4 Å². The van der Waals surface area contributed by atoms with Crippen molar-refractivity contribution in [2.24, 2.45) is 7.05 Å². The van der Waals surface area contributed by atoms with E-state index >= 15 is 0 Å². The molecule has 0 unspecified atom stereocenters. The third-order valence-electron chi connectivity index (χ3n) is 5.17. The number of halogens is 6. The van der Waals surface area contributed by atoms with Gasteiger partial charge in [0.25, 0.3) is 5.91 Å². The molecule has 2 aromatic heterocycles. The number of carbonyl (C=O) groups is 1. The lowest BCUT2D eigenvalue weighted by Gasteiger charge is -2.11. The van der Waals surface area contributed by atoms with E-state index in [-0.39, 0.29) is 23.4 Å². The van der Waals surface area contributed by atoms with E-state index in [1.807, 2.05) is 0 Å². The van der Waals surface area contributed by atoms with Crippen LogP contribution >= 0.6 is 0 Å². The molecule has 0 bridgehead atoms. The number of carbonyl (C=O) groups excluding carboxylic acids is 1. The Hall–Kier alpha value is -3.89. The van der Waals surface area contributed by atoms with E-state index in [0.29, 0.717) is 16.6 Å². The molecule has 4 aromatic rings. The first-order valence-corrected chi connectivity index (χ1v) is 9.88. The molecule has 0 fully saturated rings. The molecule has 0 aliphatic carbocycles. The molecule has 34 heavy (non-hydrogen) atoms. The molecular weight excluding hydrogens is 462 g/mol. The molecule has 4 rings (SSSR count). The van der Waals surface area contributed by atoms with Crippen LogP contribution in [0.5, 0.6) is 0 Å². The van der Waals surface area contributed by atoms with Gasteiger partial charge in [0.1, 0.15) is 0 Å². The number of rotatable bonds is 4. The molecule has 0 aliphatic heterocycles. The number of aryl methyl sites for hydroxylation is 1. The van der Waals surface area contributed by atoms with Crippen LogP contribution in [0.4, 0.5) is 26.3 Å². The normalized spacial score (nSPS) is 12.2. The van der Waals surface area contributed by atoms with Gasteiger partial charge in [-0.1, -0.05) is 24.3 Å². The second-order valence-corrected chi connectivity index (χ2v) is 7.52. The summed E-state index contributed by atoms with van der Waals surface area (Å²) in [5, 5.41) is 7.05. The van der Waals surface area contributed by atoms with E-state index < -0.39 is 29.4 Å². The molecule has 0 aliphatic rings. The highest BCUT2D eigenvalue weighted by molar-refractivity contribution is 6.06. The average molecular weight is 478 g/mol. The van der Waals surface area contributed by atoms with Crippen molar-refractivity contribution in [2.75, 3.05) is 0 Å². The average Bonchev–Trinajstić information content (AvgIpc) is 3.16. The van der Waals surface area contributed by atoms with Crippen LogP contribution in [0.25, 0.3) is 22.3 Å². The number of amides is 1. The van der Waals surface area contributed by atoms with Crippen molar-refractivity contribution in [2.45, 2.75) is 18.9 Å². The number of hydrogen-bond donors (Lipinski definition) is 1. The van der Waals surface area contributed by atoms with E-state index in [1.165, 1.54) is 41.2 Å². The van der Waals surface area contributed by atoms with Crippen LogP contribution in [0.1, 0.15) is 27.0 Å². The zero-order valence-corrected chi connectivity index (χ0v) is 17.5. The van der Waals surface area contributed by atoms with Crippen molar-refractivity contribution in [1.29, 1.82) is 0 Å². The molecule has 1 N–H and O–H groups in total. The Morgan fingerprint density at radius 2 is 1.62 bits per heavy atom. The summed E-state index contributed by atoms with van der Waals surface area (Å²) in [6.45, 7) is -0.164. The lowest BCUT2D eigenvalue weighted by atomic mass is 10.0. The fourth-order valence-corrected chi connectivity index (χ4v) is 3.42. The molecule has 0 radical (unpaired) electrons. The second-order valence-electron chi connectivity index (χ2n) is 7.52. The molecule has 0 saturated carbocycles. The first-order chi connectivity index (χ1) is 15.9. The Balaban J connectivity index is 1.65. The minimum atomic E-state index is -4.51. The standard InChI is InChI=1S/C23H16F6N4O/c1-33-20-18(12-31-33)17(10-19(32-20)14-5-7-15(8-6-14)22(24,25)26)21(34)30-11-13-3-2-4-16(9-13)23(27,28)29/h2-10,12H,11H2,1H3,(H,30,34). The predicted molar refractivity (Wildman–Crippen MR) is 112 cm³/mol. The van der Waals surface area contributed by atoms with Gasteiger partial charge in [0, 0.05) is 19.2 Å². The van der Waals surface area contributed by atoms with Gasteiger partial charge in [0.15, 0.2) is 5.65 Å². The van der Waals surface area contributed by atoms with Crippen LogP contribution < -0.4 is 5.32 Å². The minimum Gasteiger partial charge on any atom is -0.348 e. The van der Waals surface area contributed by atoms with Crippen LogP contribution in [0.2, 0.25) is 0 Å². The fourth-order valence-electron chi connectivity index (χ4n) is 3.42. The van der Waals surface area contributed by atoms with Gasteiger partial charge in [0.05, 0.1) is 34.0 Å². The quantitative estimate of drug-likeness (QED) is 0.389. The van der Waals surface area contributed by atoms with Crippen molar-refractivity contribution in [3.8, 4) is 11.3 Å². The van der Waals surface area contributed by atoms with Gasteiger partial charge in [-0.05, 0) is 35.9 Å². The molecule has 5 nitrogen and oxygen atoms in total. The van der Waals surface area contributed by atoms with E-state index in [1.54, 1.807) is 7.05 Å². The Morgan fingerprint density at radius 3 is 2.26 bits per heavy atom. The van der Waals surface area contributed by atoms with Crippen molar-refractivity contribution < 1.29 is 31.1 Å². The fraction of sp³-hybridized carbons (Fsp3) is 0.174. The number of nitrogens with zero attached hydrogens (tertiary/aromatic N) is 3. The maximum Gasteiger partial charge on any atom is 0.416 e. The van der Waals surface area contributed by atoms with Crippen LogP contribution in [-0.2, 0) is 25.9 Å². The van der Waals surface area contributed by atoms with Gasteiger partial charge in [0.2, 0.25) is 0 Å². The first kappa shape index (κ1) is 23.3. The van der Waals surface area contributed by atoms with Gasteiger partial charge in [-0.3, -0.25) is 9.48 Å². The Labute approximate surface area is 189 Å². The molecule has 176 valence electrons. The lowest BCUT2D eigenvalue weighted by molar-refractivity contribution is -0.138. The maximum atomic E-state index is 12.9. The topological polar surface area (TPSA) is 59.8 Å². The molecule has 0 saturated heterocycles. The number of benzene rings is 2. The van der Waals surface area contributed by atoms with Gasteiger partial charge in [-0.15, -0.1) is 0 Å². The molecular formula is C23H16F6N4O. The largest absolute Gasteiger partial charge is 0.416 e. The summed E-state index contributed by atoms with van der Waals surface area (Å²) < 4.78 is 78.9. The summed E-state index contributed by atoms with van der Waals surface area (Å²) in [6, 6.07) is 10.3. The summed E-state index contributed by atoms with van der Waals surface area (Å²) in [7, 11) is 1.59. The lowest BCUT2D eigenvalue weighted by Crippen LogP contribution is -2.23. The third-order valence-corrected chi connectivity index (χ3v) is 5.17. The van der Waals surface area contributed by atoms with E-state index in [2.05, 4.69) is 15.4 Å². The second kappa shape index (κ2) is 8.47. The van der Waals surface area contributed by atoms with Crippen molar-refractivity contribution >= 4 is 16.9 Å². The van der Waals surface area contributed by atoms with Crippen molar-refractivity contribution in [1.82, 2.24) is 20.1 Å². The van der Waals surface area contributed by atoms with Crippen LogP contribution in [0, 0.1) is 0 Å². The van der Waals surface area contributed by atoms with E-state index in [4.69, 9.17) is 0 Å². The highest BCUT2D eigenvalue weighted by Gasteiger charge is 2.31. The highest BCUT2D eigenvalue weighted by Crippen LogP contribution is 2.32. The highest BCUT2D eigenvalue weighted by atomic mass is 19.4. The molecule has 2 heterocycles. The van der Waals surface area contributed by atoms with Gasteiger partial charge in [-0.25, -0.2) is 4.98 Å². The first-order valence-electron chi connectivity index (χ1n) is 9.88. The Morgan fingerprint density at radius 1 is 0.941 bits per heavy atom. The van der Waals surface area contributed by atoms with Crippen LogP contribution in [0.3, 0.4) is 0 Å². The van der Waals surface area contributed by atoms with Crippen LogP contribution in [-0.4, -0.2) is 20.7 Å². The molecule has 2 aromatic carbocycles. The SMILES string of the molecule is Cn1ncc2c(C(=O)NCc3cccc(C(F)(F)F)c3)cc(-c3ccc(C(F)(F)F)cc3)nc21. The number of hydrogen-bond acceptors (Lipinski definition) is 3. The number of alkyl halides is 6. The summed E-state index contributed by atoms with van der Waals surface area (Å²) in [4.78, 5) is 17.4. The van der Waals surface area contributed by atoms with Gasteiger partial charge < -0.3 is 5.32 Å². The molecule has 0 atom stereocenters. The van der Waals surface area contributed by atoms with Crippen molar-refractivity contribution in [3.05, 3.63) is 83.0 Å². The van der Waals surface area contributed by atoms with Crippen molar-refractivity contribution in [3.63, 3.8) is 0 Å². The summed E-state index contributed by atoms with van der Waals surface area (Å²) in [5.74, 6) is -0.592. The predicted octanol–water partition coefficient (Wildman–Crippen LogP) is 5.60. The summed E-state index contributed by atoms with van der Waals surface area (Å²) >= 11 is 0. The van der Waals surface area contributed by atoms with E-state index in [0.717, 1.165) is 24.3 Å². The minimum absolute atomic E-state index is 0.139. The number of nitrogens with one attached hydrogen (secondary N) is 1. The number of fused-ring (bicyclic) bond motifs is 1. The summed E-state index contributed by atoms with van der Waals surface area (Å²) in [6.07, 6.45) is -7.59. The molecule has 11 heteroatoms. The Kier molecular flexibility index (Phi) is 5.80. The number of aromatic nitrogens is 3. The third kappa shape index (κ3) is 4.73. The maximum absolute atomic E-state index is 12.9. The zero-order valence-electron chi connectivity index (χ0n) is 17.5. The summed E-state index contributed by atoms with van der Waals surface area (Å²) in [5.41, 5.74) is -0.347. The van der Waals surface area contributed by atoms with E-state index in [9.17, 15) is 31.1 Å². The smallest absolute Gasteiger partial charge is 0.348 e.